The lowest BCUT2D eigenvalue weighted by molar-refractivity contribution is 0.0693. The van der Waals surface area contributed by atoms with Crippen molar-refractivity contribution in [3.8, 4) is 17.0 Å². The van der Waals surface area contributed by atoms with Crippen LogP contribution in [0.2, 0.25) is 5.02 Å². The van der Waals surface area contributed by atoms with Gasteiger partial charge in [0, 0.05) is 16.0 Å². The van der Waals surface area contributed by atoms with E-state index in [0.29, 0.717) is 27.2 Å². The molecule has 0 aliphatic heterocycles. The molecule has 1 heterocycles. The van der Waals surface area contributed by atoms with Gasteiger partial charge in [0.15, 0.2) is 0 Å². The zero-order valence-corrected chi connectivity index (χ0v) is 12.8. The second-order valence-corrected chi connectivity index (χ2v) is 5.25. The lowest BCUT2D eigenvalue weighted by atomic mass is 10.0. The minimum absolute atomic E-state index is 0.0392. The fraction of sp³-hybridized carbons (Fsp3) is 0.0625. The van der Waals surface area contributed by atoms with Crippen LogP contribution in [0.15, 0.2) is 36.4 Å². The molecule has 0 amide bonds. The maximum atomic E-state index is 11.4. The molecule has 23 heavy (non-hydrogen) atoms. The standard InChI is InChI=1S/C16H12ClN3O3/c1-23-13-5-2-8(6-11(13)15(21)22)14-10-7-9(17)3-4-12(10)19-16(18)20-14/h2-7H,1H3,(H,21,22)(H2,18,19,20). The maximum Gasteiger partial charge on any atom is 0.339 e. The van der Waals surface area contributed by atoms with Gasteiger partial charge in [-0.05, 0) is 36.4 Å². The molecule has 116 valence electrons. The van der Waals surface area contributed by atoms with E-state index in [1.54, 1.807) is 30.3 Å². The van der Waals surface area contributed by atoms with Crippen molar-refractivity contribution in [1.29, 1.82) is 0 Å². The normalized spacial score (nSPS) is 10.7. The molecule has 0 aliphatic carbocycles. The van der Waals surface area contributed by atoms with Gasteiger partial charge in [-0.2, -0.15) is 0 Å². The SMILES string of the molecule is COc1ccc(-c2nc(N)nc3ccc(Cl)cc23)cc1C(=O)O. The van der Waals surface area contributed by atoms with Gasteiger partial charge in [0.05, 0.1) is 18.3 Å². The van der Waals surface area contributed by atoms with E-state index in [1.165, 1.54) is 13.2 Å². The molecule has 6 nitrogen and oxygen atoms in total. The first-order chi connectivity index (χ1) is 11.0. The number of nitrogens with two attached hydrogens (primary N) is 1. The van der Waals surface area contributed by atoms with E-state index in [-0.39, 0.29) is 17.3 Å². The lowest BCUT2D eigenvalue weighted by Gasteiger charge is -2.10. The molecule has 0 atom stereocenters. The summed E-state index contributed by atoms with van der Waals surface area (Å²) in [6.45, 7) is 0. The largest absolute Gasteiger partial charge is 0.496 e. The summed E-state index contributed by atoms with van der Waals surface area (Å²) in [5, 5.41) is 10.5. The Morgan fingerprint density at radius 2 is 2.00 bits per heavy atom. The summed E-state index contributed by atoms with van der Waals surface area (Å²) in [4.78, 5) is 19.8. The number of anilines is 1. The van der Waals surface area contributed by atoms with Crippen molar-refractivity contribution in [1.82, 2.24) is 9.97 Å². The van der Waals surface area contributed by atoms with Crippen molar-refractivity contribution in [2.45, 2.75) is 0 Å². The van der Waals surface area contributed by atoms with Gasteiger partial charge in [-0.15, -0.1) is 0 Å². The highest BCUT2D eigenvalue weighted by molar-refractivity contribution is 6.31. The third-order valence-electron chi connectivity index (χ3n) is 3.38. The summed E-state index contributed by atoms with van der Waals surface area (Å²) in [6.07, 6.45) is 0. The zero-order valence-electron chi connectivity index (χ0n) is 12.1. The Bertz CT molecular complexity index is 928. The first-order valence-electron chi connectivity index (χ1n) is 6.64. The number of carboxylic acids is 1. The van der Waals surface area contributed by atoms with Crippen LogP contribution in [0.1, 0.15) is 10.4 Å². The number of methoxy groups -OCH3 is 1. The third-order valence-corrected chi connectivity index (χ3v) is 3.61. The minimum Gasteiger partial charge on any atom is -0.496 e. The van der Waals surface area contributed by atoms with Crippen LogP contribution < -0.4 is 10.5 Å². The van der Waals surface area contributed by atoms with E-state index in [1.807, 2.05) is 0 Å². The molecule has 3 aromatic rings. The van der Waals surface area contributed by atoms with Crippen molar-refractivity contribution < 1.29 is 14.6 Å². The highest BCUT2D eigenvalue weighted by Crippen LogP contribution is 2.31. The average molecular weight is 330 g/mol. The number of fused-ring (bicyclic) bond motifs is 1. The minimum atomic E-state index is -1.09. The van der Waals surface area contributed by atoms with Crippen LogP contribution in [-0.2, 0) is 0 Å². The van der Waals surface area contributed by atoms with Gasteiger partial charge in [0.2, 0.25) is 5.95 Å². The van der Waals surface area contributed by atoms with E-state index in [2.05, 4.69) is 9.97 Å². The monoisotopic (exact) mass is 329 g/mol. The summed E-state index contributed by atoms with van der Waals surface area (Å²) in [5.74, 6) is -0.721. The van der Waals surface area contributed by atoms with Gasteiger partial charge in [-0.25, -0.2) is 14.8 Å². The van der Waals surface area contributed by atoms with Crippen molar-refractivity contribution >= 4 is 34.4 Å². The van der Waals surface area contributed by atoms with Crippen molar-refractivity contribution in [2.24, 2.45) is 0 Å². The number of carbonyl (C=O) groups is 1. The van der Waals surface area contributed by atoms with E-state index in [9.17, 15) is 9.90 Å². The Kier molecular flexibility index (Phi) is 3.75. The summed E-state index contributed by atoms with van der Waals surface area (Å²) in [5.41, 5.74) is 7.53. The van der Waals surface area contributed by atoms with Gasteiger partial charge in [-0.1, -0.05) is 11.6 Å². The number of carboxylic acid groups (broad SMARTS) is 1. The number of hydrogen-bond donors (Lipinski definition) is 2. The number of hydrogen-bond acceptors (Lipinski definition) is 5. The Hall–Kier alpha value is -2.86. The van der Waals surface area contributed by atoms with E-state index in [4.69, 9.17) is 22.1 Å². The van der Waals surface area contributed by atoms with E-state index in [0.717, 1.165) is 0 Å². The van der Waals surface area contributed by atoms with Gasteiger partial charge < -0.3 is 15.6 Å². The number of nitrogens with zero attached hydrogens (tertiary/aromatic N) is 2. The molecular formula is C16H12ClN3O3. The smallest absolute Gasteiger partial charge is 0.339 e. The number of rotatable bonds is 3. The fourth-order valence-electron chi connectivity index (χ4n) is 2.36. The predicted molar refractivity (Wildman–Crippen MR) is 87.9 cm³/mol. The number of nitrogen functional groups attached to an aromatic ring is 1. The molecule has 0 saturated heterocycles. The average Bonchev–Trinajstić information content (AvgIpc) is 2.54. The van der Waals surface area contributed by atoms with E-state index < -0.39 is 5.97 Å². The van der Waals surface area contributed by atoms with Gasteiger partial charge in [0.1, 0.15) is 11.3 Å². The van der Waals surface area contributed by atoms with Crippen LogP contribution in [-0.4, -0.2) is 28.2 Å². The highest BCUT2D eigenvalue weighted by atomic mass is 35.5. The molecule has 3 rings (SSSR count). The third kappa shape index (κ3) is 2.76. The van der Waals surface area contributed by atoms with Crippen LogP contribution >= 0.6 is 11.6 Å². The summed E-state index contributed by atoms with van der Waals surface area (Å²) in [6, 6.07) is 9.94. The Morgan fingerprint density at radius 3 is 2.70 bits per heavy atom. The van der Waals surface area contributed by atoms with Gasteiger partial charge >= 0.3 is 5.97 Å². The Balaban J connectivity index is 2.30. The van der Waals surface area contributed by atoms with E-state index >= 15 is 0 Å². The van der Waals surface area contributed by atoms with Crippen molar-refractivity contribution in [2.75, 3.05) is 12.8 Å². The molecule has 0 fully saturated rings. The first kappa shape index (κ1) is 15.1. The molecular weight excluding hydrogens is 318 g/mol. The van der Waals surface area contributed by atoms with Crippen LogP contribution in [0, 0.1) is 0 Å². The topological polar surface area (TPSA) is 98.3 Å². The molecule has 2 aromatic carbocycles. The number of aromatic carboxylic acids is 1. The molecule has 0 aliphatic rings. The zero-order chi connectivity index (χ0) is 16.6. The van der Waals surface area contributed by atoms with Gasteiger partial charge in [-0.3, -0.25) is 0 Å². The van der Waals surface area contributed by atoms with Crippen molar-refractivity contribution in [3.05, 3.63) is 47.0 Å². The number of halogens is 1. The first-order valence-corrected chi connectivity index (χ1v) is 7.02. The Morgan fingerprint density at radius 1 is 1.22 bits per heavy atom. The van der Waals surface area contributed by atoms with Crippen molar-refractivity contribution in [3.63, 3.8) is 0 Å². The number of aromatic nitrogens is 2. The second kappa shape index (κ2) is 5.73. The molecule has 1 aromatic heterocycles. The molecule has 3 N–H and O–H groups in total. The van der Waals surface area contributed by atoms with Crippen LogP contribution in [0.5, 0.6) is 5.75 Å². The fourth-order valence-corrected chi connectivity index (χ4v) is 2.53. The molecule has 0 saturated carbocycles. The maximum absolute atomic E-state index is 11.4. The highest BCUT2D eigenvalue weighted by Gasteiger charge is 2.15. The Labute approximate surface area is 136 Å². The summed E-state index contributed by atoms with van der Waals surface area (Å²) in [7, 11) is 1.42. The predicted octanol–water partition coefficient (Wildman–Crippen LogP) is 3.24. The quantitative estimate of drug-likeness (QED) is 0.765. The summed E-state index contributed by atoms with van der Waals surface area (Å²) >= 11 is 6.05. The number of benzene rings is 2. The van der Waals surface area contributed by atoms with Crippen LogP contribution in [0.4, 0.5) is 5.95 Å². The molecule has 7 heteroatoms. The molecule has 0 unspecified atom stereocenters. The molecule has 0 spiro atoms. The lowest BCUT2D eigenvalue weighted by Crippen LogP contribution is -2.02. The molecule has 0 bridgehead atoms. The summed E-state index contributed by atoms with van der Waals surface area (Å²) < 4.78 is 5.07. The number of ether oxygens (including phenoxy) is 1. The van der Waals surface area contributed by atoms with Gasteiger partial charge in [0.25, 0.3) is 0 Å². The van der Waals surface area contributed by atoms with Crippen LogP contribution in [0.3, 0.4) is 0 Å². The van der Waals surface area contributed by atoms with Crippen LogP contribution in [0.25, 0.3) is 22.2 Å². The molecule has 0 radical (unpaired) electrons. The second-order valence-electron chi connectivity index (χ2n) is 4.81.